The van der Waals surface area contributed by atoms with E-state index in [1.807, 2.05) is 4.90 Å². The number of carbonyl (C=O) groups excluding carboxylic acids is 1. The SMILES string of the molecule is C=CCN(CC=C)C(=O)C1CC2CCCC(C1)C2N.Cl. The molecule has 3 nitrogen and oxygen atoms in total. The number of amides is 1. The molecule has 2 bridgehead atoms. The van der Waals surface area contributed by atoms with Gasteiger partial charge in [-0.15, -0.1) is 25.6 Å². The Balaban J connectivity index is 0.00000200. The summed E-state index contributed by atoms with van der Waals surface area (Å²) in [6.07, 6.45) is 9.21. The lowest BCUT2D eigenvalue weighted by atomic mass is 9.65. The van der Waals surface area contributed by atoms with Gasteiger partial charge in [-0.1, -0.05) is 18.6 Å². The summed E-state index contributed by atoms with van der Waals surface area (Å²) in [6.45, 7) is 8.69. The van der Waals surface area contributed by atoms with Gasteiger partial charge in [0.15, 0.2) is 0 Å². The molecule has 114 valence electrons. The van der Waals surface area contributed by atoms with Crippen molar-refractivity contribution in [3.05, 3.63) is 25.3 Å². The Bertz CT molecular complexity index is 334. The predicted octanol–water partition coefficient (Wildman–Crippen LogP) is 2.76. The maximum atomic E-state index is 12.6. The van der Waals surface area contributed by atoms with Crippen LogP contribution in [0.3, 0.4) is 0 Å². The number of nitrogens with zero attached hydrogens (tertiary/aromatic N) is 1. The van der Waals surface area contributed by atoms with E-state index in [2.05, 4.69) is 13.2 Å². The maximum Gasteiger partial charge on any atom is 0.226 e. The van der Waals surface area contributed by atoms with Gasteiger partial charge in [0.1, 0.15) is 0 Å². The Morgan fingerprint density at radius 3 is 2.10 bits per heavy atom. The van der Waals surface area contributed by atoms with Crippen LogP contribution in [0, 0.1) is 17.8 Å². The molecule has 20 heavy (non-hydrogen) atoms. The zero-order valence-electron chi connectivity index (χ0n) is 12.2. The monoisotopic (exact) mass is 298 g/mol. The minimum Gasteiger partial charge on any atom is -0.335 e. The van der Waals surface area contributed by atoms with Crippen LogP contribution in [0.15, 0.2) is 25.3 Å². The normalized spacial score (nSPS) is 31.9. The van der Waals surface area contributed by atoms with Crippen molar-refractivity contribution in [2.45, 2.75) is 38.1 Å². The summed E-state index contributed by atoms with van der Waals surface area (Å²) in [5, 5.41) is 0. The summed E-state index contributed by atoms with van der Waals surface area (Å²) in [7, 11) is 0. The molecule has 2 aliphatic carbocycles. The van der Waals surface area contributed by atoms with E-state index in [4.69, 9.17) is 5.73 Å². The molecule has 0 heterocycles. The van der Waals surface area contributed by atoms with Gasteiger partial charge in [-0.2, -0.15) is 0 Å². The van der Waals surface area contributed by atoms with Gasteiger partial charge >= 0.3 is 0 Å². The van der Waals surface area contributed by atoms with Crippen molar-refractivity contribution < 1.29 is 4.79 Å². The molecule has 0 aliphatic heterocycles. The van der Waals surface area contributed by atoms with E-state index in [9.17, 15) is 4.79 Å². The van der Waals surface area contributed by atoms with E-state index in [1.54, 1.807) is 12.2 Å². The average Bonchev–Trinajstić information content (AvgIpc) is 2.37. The van der Waals surface area contributed by atoms with Gasteiger partial charge in [0.05, 0.1) is 0 Å². The lowest BCUT2D eigenvalue weighted by Crippen LogP contribution is -2.49. The topological polar surface area (TPSA) is 46.3 Å². The molecule has 0 aromatic carbocycles. The lowest BCUT2D eigenvalue weighted by molar-refractivity contribution is -0.137. The number of carbonyl (C=O) groups is 1. The first-order valence-corrected chi connectivity index (χ1v) is 7.43. The maximum absolute atomic E-state index is 12.6. The van der Waals surface area contributed by atoms with Crippen molar-refractivity contribution in [2.75, 3.05) is 13.1 Å². The van der Waals surface area contributed by atoms with Gasteiger partial charge in [-0.25, -0.2) is 0 Å². The highest BCUT2D eigenvalue weighted by Crippen LogP contribution is 2.42. The quantitative estimate of drug-likeness (QED) is 0.793. The molecule has 2 unspecified atom stereocenters. The van der Waals surface area contributed by atoms with E-state index in [-0.39, 0.29) is 24.2 Å². The first-order valence-electron chi connectivity index (χ1n) is 7.43. The molecule has 0 aromatic rings. The number of hydrogen-bond acceptors (Lipinski definition) is 2. The third kappa shape index (κ3) is 3.64. The van der Waals surface area contributed by atoms with E-state index in [0.717, 1.165) is 12.8 Å². The Labute approximate surface area is 128 Å². The second-order valence-electron chi connectivity index (χ2n) is 6.02. The van der Waals surface area contributed by atoms with E-state index >= 15 is 0 Å². The summed E-state index contributed by atoms with van der Waals surface area (Å²) >= 11 is 0. The van der Waals surface area contributed by atoms with Crippen molar-refractivity contribution in [2.24, 2.45) is 23.5 Å². The van der Waals surface area contributed by atoms with Crippen molar-refractivity contribution in [1.82, 2.24) is 4.90 Å². The van der Waals surface area contributed by atoms with Crippen LogP contribution in [-0.4, -0.2) is 29.9 Å². The Morgan fingerprint density at radius 1 is 1.15 bits per heavy atom. The van der Waals surface area contributed by atoms with Gasteiger partial charge in [-0.3, -0.25) is 4.79 Å². The highest BCUT2D eigenvalue weighted by atomic mass is 35.5. The van der Waals surface area contributed by atoms with E-state index in [1.165, 1.54) is 19.3 Å². The molecule has 2 rings (SSSR count). The smallest absolute Gasteiger partial charge is 0.226 e. The summed E-state index contributed by atoms with van der Waals surface area (Å²) in [5.74, 6) is 1.53. The minimum absolute atomic E-state index is 0. The Hall–Kier alpha value is -0.800. The van der Waals surface area contributed by atoms with Crippen LogP contribution in [0.2, 0.25) is 0 Å². The van der Waals surface area contributed by atoms with Crippen molar-refractivity contribution >= 4 is 18.3 Å². The minimum atomic E-state index is 0. The molecule has 2 fully saturated rings. The first-order chi connectivity index (χ1) is 9.17. The van der Waals surface area contributed by atoms with Crippen molar-refractivity contribution in [3.63, 3.8) is 0 Å². The third-order valence-electron chi connectivity index (χ3n) is 4.77. The predicted molar refractivity (Wildman–Crippen MR) is 85.8 cm³/mol. The van der Waals surface area contributed by atoms with Gasteiger partial charge in [-0.05, 0) is 37.5 Å². The van der Waals surface area contributed by atoms with E-state index < -0.39 is 0 Å². The van der Waals surface area contributed by atoms with Gasteiger partial charge < -0.3 is 10.6 Å². The number of rotatable bonds is 5. The van der Waals surface area contributed by atoms with Crippen molar-refractivity contribution in [3.8, 4) is 0 Å². The molecule has 0 aromatic heterocycles. The van der Waals surface area contributed by atoms with Crippen LogP contribution in [0.4, 0.5) is 0 Å². The molecular weight excluding hydrogens is 272 g/mol. The number of halogens is 1. The fourth-order valence-corrected chi connectivity index (χ4v) is 3.82. The zero-order valence-corrected chi connectivity index (χ0v) is 13.0. The molecule has 2 saturated carbocycles. The van der Waals surface area contributed by atoms with E-state index in [0.29, 0.717) is 31.0 Å². The number of fused-ring (bicyclic) bond motifs is 2. The average molecular weight is 299 g/mol. The van der Waals surface area contributed by atoms with Gasteiger partial charge in [0, 0.05) is 25.0 Å². The van der Waals surface area contributed by atoms with Crippen molar-refractivity contribution in [1.29, 1.82) is 0 Å². The van der Waals surface area contributed by atoms with Crippen LogP contribution in [-0.2, 0) is 4.79 Å². The summed E-state index contributed by atoms with van der Waals surface area (Å²) in [4.78, 5) is 14.5. The Morgan fingerprint density at radius 2 is 1.65 bits per heavy atom. The molecule has 1 amide bonds. The second-order valence-corrected chi connectivity index (χ2v) is 6.02. The summed E-state index contributed by atoms with van der Waals surface area (Å²) in [5.41, 5.74) is 6.28. The second kappa shape index (κ2) is 7.84. The molecular formula is C16H27ClN2O. The summed E-state index contributed by atoms with van der Waals surface area (Å²) in [6, 6.07) is 0.324. The molecule has 0 spiro atoms. The Kier molecular flexibility index (Phi) is 6.77. The van der Waals surface area contributed by atoms with Gasteiger partial charge in [0.25, 0.3) is 0 Å². The van der Waals surface area contributed by atoms with Crippen LogP contribution in [0.5, 0.6) is 0 Å². The van der Waals surface area contributed by atoms with Crippen LogP contribution < -0.4 is 5.73 Å². The molecule has 0 radical (unpaired) electrons. The number of hydrogen-bond donors (Lipinski definition) is 1. The largest absolute Gasteiger partial charge is 0.335 e. The van der Waals surface area contributed by atoms with Crippen LogP contribution in [0.1, 0.15) is 32.1 Å². The zero-order chi connectivity index (χ0) is 13.8. The van der Waals surface area contributed by atoms with Crippen LogP contribution in [0.25, 0.3) is 0 Å². The third-order valence-corrected chi connectivity index (χ3v) is 4.77. The molecule has 2 aliphatic rings. The standard InChI is InChI=1S/C16H26N2O.ClH/c1-3-8-18(9-4-2)16(19)14-10-12-6-5-7-13(11-14)15(12)17;/h3-4,12-15H,1-2,5-11,17H2;1H. The fraction of sp³-hybridized carbons (Fsp3) is 0.688. The molecule has 2 N–H and O–H groups in total. The summed E-state index contributed by atoms with van der Waals surface area (Å²) < 4.78 is 0. The molecule has 4 heteroatoms. The fourth-order valence-electron chi connectivity index (χ4n) is 3.82. The highest BCUT2D eigenvalue weighted by Gasteiger charge is 2.41. The lowest BCUT2D eigenvalue weighted by Gasteiger charge is -2.44. The highest BCUT2D eigenvalue weighted by molar-refractivity contribution is 5.85. The van der Waals surface area contributed by atoms with Crippen LogP contribution >= 0.6 is 12.4 Å². The number of nitrogens with two attached hydrogens (primary N) is 1. The van der Waals surface area contributed by atoms with Gasteiger partial charge in [0.2, 0.25) is 5.91 Å². The molecule has 2 atom stereocenters. The first kappa shape index (κ1) is 17.3. The molecule has 0 saturated heterocycles.